The summed E-state index contributed by atoms with van der Waals surface area (Å²) in [6, 6.07) is 0. The van der Waals surface area contributed by atoms with E-state index in [0.29, 0.717) is 5.92 Å². The predicted molar refractivity (Wildman–Crippen MR) is 42.1 cm³/mol. The van der Waals surface area contributed by atoms with Crippen LogP contribution in [0.2, 0.25) is 0 Å². The third kappa shape index (κ3) is 2.88. The first-order valence-corrected chi connectivity index (χ1v) is 3.76. The molecule has 0 N–H and O–H groups in total. The van der Waals surface area contributed by atoms with Crippen LogP contribution in [0.1, 0.15) is 34.6 Å². The third-order valence-electron chi connectivity index (χ3n) is 1.77. The molecule has 0 heterocycles. The lowest BCUT2D eigenvalue weighted by Crippen LogP contribution is -2.14. The fourth-order valence-electron chi connectivity index (χ4n) is 1.44. The van der Waals surface area contributed by atoms with Crippen molar-refractivity contribution in [1.82, 2.24) is 0 Å². The first-order valence-electron chi connectivity index (χ1n) is 3.76. The molecule has 0 saturated heterocycles. The molecule has 0 nitrogen and oxygen atoms in total. The van der Waals surface area contributed by atoms with Crippen molar-refractivity contribution in [2.24, 2.45) is 17.8 Å². The van der Waals surface area contributed by atoms with E-state index in [-0.39, 0.29) is 0 Å². The maximum absolute atomic E-state index is 3.30. The molecule has 0 fully saturated rings. The summed E-state index contributed by atoms with van der Waals surface area (Å²) in [5.41, 5.74) is 0. The molecule has 0 saturated carbocycles. The van der Waals surface area contributed by atoms with E-state index in [4.69, 9.17) is 0 Å². The van der Waals surface area contributed by atoms with Crippen molar-refractivity contribution in [2.75, 3.05) is 0 Å². The Balaban J connectivity index is 3.68. The summed E-state index contributed by atoms with van der Waals surface area (Å²) in [5, 5.41) is 0. The maximum Gasteiger partial charge on any atom is -0.0168 e. The molecule has 0 atom stereocenters. The largest absolute Gasteiger partial charge is 0.0625 e. The molecule has 9 heavy (non-hydrogen) atoms. The molecule has 0 spiro atoms. The molecule has 0 unspecified atom stereocenters. The molecule has 54 valence electrons. The minimum Gasteiger partial charge on any atom is -0.0625 e. The van der Waals surface area contributed by atoms with Gasteiger partial charge in [-0.3, -0.25) is 0 Å². The summed E-state index contributed by atoms with van der Waals surface area (Å²) in [7, 11) is 0. The fourth-order valence-corrected chi connectivity index (χ4v) is 1.44. The molecule has 0 amide bonds. The molecule has 0 aliphatic heterocycles. The van der Waals surface area contributed by atoms with E-state index in [0.717, 1.165) is 11.8 Å². The lowest BCUT2D eigenvalue weighted by Gasteiger charge is -2.21. The molecule has 0 aromatic carbocycles. The second-order valence-electron chi connectivity index (χ2n) is 3.30. The highest BCUT2D eigenvalue weighted by molar-refractivity contribution is 4.76. The summed E-state index contributed by atoms with van der Waals surface area (Å²) < 4.78 is 0. The topological polar surface area (TPSA) is 0 Å². The smallest absolute Gasteiger partial charge is 0.0168 e. The summed E-state index contributed by atoms with van der Waals surface area (Å²) in [4.78, 5) is 0. The summed E-state index contributed by atoms with van der Waals surface area (Å²) in [6.45, 7) is 11.0. The van der Waals surface area contributed by atoms with Gasteiger partial charge < -0.3 is 0 Å². The van der Waals surface area contributed by atoms with Crippen molar-refractivity contribution in [1.29, 1.82) is 0 Å². The van der Waals surface area contributed by atoms with Gasteiger partial charge in [0.15, 0.2) is 0 Å². The SMILES string of the molecule is C[C]C(C(C)C)C(C)C. The van der Waals surface area contributed by atoms with Crippen LogP contribution in [-0.2, 0) is 0 Å². The molecule has 0 aromatic rings. The molecule has 0 aliphatic rings. The van der Waals surface area contributed by atoms with E-state index in [9.17, 15) is 0 Å². The van der Waals surface area contributed by atoms with Gasteiger partial charge in [0, 0.05) is 0 Å². The minimum absolute atomic E-state index is 0.671. The van der Waals surface area contributed by atoms with E-state index in [1.807, 2.05) is 6.92 Å². The van der Waals surface area contributed by atoms with Crippen LogP contribution in [0.4, 0.5) is 0 Å². The van der Waals surface area contributed by atoms with E-state index in [2.05, 4.69) is 34.1 Å². The van der Waals surface area contributed by atoms with Crippen molar-refractivity contribution in [3.63, 3.8) is 0 Å². The van der Waals surface area contributed by atoms with Crippen molar-refractivity contribution in [3.05, 3.63) is 6.42 Å². The molecule has 0 heteroatoms. The van der Waals surface area contributed by atoms with Crippen molar-refractivity contribution < 1.29 is 0 Å². The van der Waals surface area contributed by atoms with Gasteiger partial charge in [0.1, 0.15) is 0 Å². The zero-order valence-electron chi connectivity index (χ0n) is 7.23. The second kappa shape index (κ2) is 3.92. The van der Waals surface area contributed by atoms with Crippen LogP contribution in [0.25, 0.3) is 0 Å². The Morgan fingerprint density at radius 2 is 1.22 bits per heavy atom. The Morgan fingerprint density at radius 3 is 1.22 bits per heavy atom. The van der Waals surface area contributed by atoms with Crippen LogP contribution in [0.5, 0.6) is 0 Å². The highest BCUT2D eigenvalue weighted by Gasteiger charge is 2.14. The quantitative estimate of drug-likeness (QED) is 0.545. The first-order chi connectivity index (χ1) is 4.09. The van der Waals surface area contributed by atoms with Gasteiger partial charge in [-0.1, -0.05) is 34.6 Å². The Morgan fingerprint density at radius 1 is 0.889 bits per heavy atom. The number of hydrogen-bond acceptors (Lipinski definition) is 0. The predicted octanol–water partition coefficient (Wildman–Crippen LogP) is 3.02. The molecule has 0 bridgehead atoms. The van der Waals surface area contributed by atoms with Crippen molar-refractivity contribution in [3.8, 4) is 0 Å². The molecular formula is C9H18. The van der Waals surface area contributed by atoms with Gasteiger partial charge >= 0.3 is 0 Å². The molecule has 2 radical (unpaired) electrons. The highest BCUT2D eigenvalue weighted by atomic mass is 14.2. The number of hydrogen-bond donors (Lipinski definition) is 0. The zero-order valence-corrected chi connectivity index (χ0v) is 7.23. The lowest BCUT2D eigenvalue weighted by molar-refractivity contribution is 0.333. The average molecular weight is 126 g/mol. The lowest BCUT2D eigenvalue weighted by atomic mass is 9.84. The average Bonchev–Trinajstić information content (AvgIpc) is 1.64. The Hall–Kier alpha value is 0. The van der Waals surface area contributed by atoms with Crippen molar-refractivity contribution >= 4 is 0 Å². The van der Waals surface area contributed by atoms with Gasteiger partial charge in [0.25, 0.3) is 0 Å². The Labute approximate surface area is 59.7 Å². The van der Waals surface area contributed by atoms with Crippen LogP contribution in [0.15, 0.2) is 0 Å². The van der Waals surface area contributed by atoms with E-state index in [1.165, 1.54) is 0 Å². The number of rotatable bonds is 3. The van der Waals surface area contributed by atoms with Gasteiger partial charge in [-0.15, -0.1) is 0 Å². The van der Waals surface area contributed by atoms with Crippen LogP contribution in [0, 0.1) is 24.2 Å². The highest BCUT2D eigenvalue weighted by Crippen LogP contribution is 2.22. The Bertz CT molecular complexity index is 54.4. The van der Waals surface area contributed by atoms with Crippen molar-refractivity contribution in [2.45, 2.75) is 34.6 Å². The van der Waals surface area contributed by atoms with Gasteiger partial charge in [-0.2, -0.15) is 0 Å². The maximum atomic E-state index is 3.30. The third-order valence-corrected chi connectivity index (χ3v) is 1.77. The van der Waals surface area contributed by atoms with Crippen LogP contribution < -0.4 is 0 Å². The summed E-state index contributed by atoms with van der Waals surface area (Å²) >= 11 is 0. The standard InChI is InChI=1S/C9H18/c1-6-9(7(2)3)8(4)5/h7-9H,1-5H3. The van der Waals surface area contributed by atoms with Gasteiger partial charge in [0.05, 0.1) is 0 Å². The van der Waals surface area contributed by atoms with Gasteiger partial charge in [-0.05, 0) is 24.2 Å². The first kappa shape index (κ1) is 9.00. The van der Waals surface area contributed by atoms with E-state index in [1.54, 1.807) is 0 Å². The monoisotopic (exact) mass is 126 g/mol. The fraction of sp³-hybridized carbons (Fsp3) is 0.889. The Kier molecular flexibility index (Phi) is 3.92. The van der Waals surface area contributed by atoms with Gasteiger partial charge in [0.2, 0.25) is 0 Å². The normalized spacial score (nSPS) is 12.0. The van der Waals surface area contributed by atoms with Crippen LogP contribution >= 0.6 is 0 Å². The van der Waals surface area contributed by atoms with E-state index >= 15 is 0 Å². The summed E-state index contributed by atoms with van der Waals surface area (Å²) in [5.74, 6) is 2.16. The molecular weight excluding hydrogens is 108 g/mol. The summed E-state index contributed by atoms with van der Waals surface area (Å²) in [6.07, 6.45) is 3.30. The second-order valence-corrected chi connectivity index (χ2v) is 3.30. The van der Waals surface area contributed by atoms with Gasteiger partial charge in [-0.25, -0.2) is 0 Å². The van der Waals surface area contributed by atoms with E-state index < -0.39 is 0 Å². The minimum atomic E-state index is 0.671. The molecule has 0 aromatic heterocycles. The zero-order chi connectivity index (χ0) is 7.44. The van der Waals surface area contributed by atoms with Crippen LogP contribution in [-0.4, -0.2) is 0 Å². The molecule has 0 rings (SSSR count). The molecule has 0 aliphatic carbocycles. The van der Waals surface area contributed by atoms with Crippen LogP contribution in [0.3, 0.4) is 0 Å².